The average molecular weight is 426 g/mol. The summed E-state index contributed by atoms with van der Waals surface area (Å²) in [5.74, 6) is -0.868. The van der Waals surface area contributed by atoms with Gasteiger partial charge in [0.15, 0.2) is 5.65 Å². The van der Waals surface area contributed by atoms with E-state index < -0.39 is 43.0 Å². The Bertz CT molecular complexity index is 1560. The highest BCUT2D eigenvalue weighted by atomic mass is 19.1. The number of carbonyl (C=O) groups is 1. The molecule has 1 aliphatic rings. The third kappa shape index (κ3) is 3.40. The van der Waals surface area contributed by atoms with Crippen molar-refractivity contribution in [3.8, 4) is 11.1 Å². The largest absolute Gasteiger partial charge is 0.387 e. The van der Waals surface area contributed by atoms with Crippen molar-refractivity contribution in [1.82, 2.24) is 24.6 Å². The first-order chi connectivity index (χ1) is 17.2. The lowest BCUT2D eigenvalue weighted by atomic mass is 10.0. The minimum atomic E-state index is -3.28. The van der Waals surface area contributed by atoms with Crippen LogP contribution in [0.5, 0.6) is 0 Å². The Balaban J connectivity index is 1.56. The number of pyridine rings is 3. The molecule has 1 saturated carbocycles. The molecule has 0 saturated heterocycles. The molecule has 2 N–H and O–H groups in total. The van der Waals surface area contributed by atoms with E-state index in [0.717, 1.165) is 0 Å². The number of carbonyl (C=O) groups excluding carboxylic acids is 1. The molecule has 3 atom stereocenters. The lowest BCUT2D eigenvalue weighted by Gasteiger charge is -2.13. The van der Waals surface area contributed by atoms with Gasteiger partial charge in [-0.15, -0.1) is 0 Å². The Labute approximate surface area is 185 Å². The van der Waals surface area contributed by atoms with Crippen LogP contribution in [0.4, 0.5) is 10.2 Å². The van der Waals surface area contributed by atoms with Crippen LogP contribution in [0, 0.1) is 12.8 Å². The summed E-state index contributed by atoms with van der Waals surface area (Å²) in [7, 11) is 0. The monoisotopic (exact) mass is 426 g/mol. The third-order valence-electron chi connectivity index (χ3n) is 5.29. The van der Waals surface area contributed by atoms with Gasteiger partial charge in [-0.1, -0.05) is 6.85 Å². The maximum Gasteiger partial charge on any atom is 0.231 e. The van der Waals surface area contributed by atoms with Crippen LogP contribution < -0.4 is 5.32 Å². The highest BCUT2D eigenvalue weighted by molar-refractivity contribution is 5.97. The van der Waals surface area contributed by atoms with E-state index in [9.17, 15) is 14.3 Å². The van der Waals surface area contributed by atoms with Gasteiger partial charge in [0.1, 0.15) is 18.3 Å². The molecule has 1 amide bonds. The minimum Gasteiger partial charge on any atom is -0.387 e. The number of anilines is 1. The van der Waals surface area contributed by atoms with Gasteiger partial charge in [-0.2, -0.15) is 5.10 Å². The molecule has 0 radical (unpaired) electrons. The lowest BCUT2D eigenvalue weighted by Crippen LogP contribution is -2.16. The Kier molecular flexibility index (Phi) is 3.26. The van der Waals surface area contributed by atoms with Gasteiger partial charge in [-0.25, -0.2) is 18.9 Å². The normalized spacial score (nSPS) is 23.7. The van der Waals surface area contributed by atoms with Crippen molar-refractivity contribution in [3.63, 3.8) is 0 Å². The van der Waals surface area contributed by atoms with Crippen molar-refractivity contribution >= 4 is 28.3 Å². The smallest absolute Gasteiger partial charge is 0.231 e. The SMILES string of the molecule is [2H]C([2H])([2H])C([2H])([2H])[C@]([2H])(O)c1cc(C)c(-c2cc3cnc(NC(=O)[C@H]4C[C@H]4F)cc3n3ncnc23)cn1. The van der Waals surface area contributed by atoms with Gasteiger partial charge in [-0.3, -0.25) is 9.78 Å². The summed E-state index contributed by atoms with van der Waals surface area (Å²) in [6, 6.07) is 4.62. The van der Waals surface area contributed by atoms with Crippen molar-refractivity contribution in [1.29, 1.82) is 0 Å². The fraction of sp³-hybridized carbons (Fsp3) is 0.318. The van der Waals surface area contributed by atoms with Gasteiger partial charge in [-0.05, 0) is 37.4 Å². The molecule has 0 bridgehead atoms. The molecule has 5 rings (SSSR count). The van der Waals surface area contributed by atoms with Crippen LogP contribution in [-0.4, -0.2) is 41.8 Å². The molecule has 0 aromatic carbocycles. The predicted octanol–water partition coefficient (Wildman–Crippen LogP) is 3.39. The van der Waals surface area contributed by atoms with Gasteiger partial charge in [0.25, 0.3) is 0 Å². The maximum absolute atomic E-state index is 13.2. The van der Waals surface area contributed by atoms with E-state index in [1.54, 1.807) is 19.1 Å². The Morgan fingerprint density at radius 3 is 2.97 bits per heavy atom. The van der Waals surface area contributed by atoms with Gasteiger partial charge in [0.05, 0.1) is 24.6 Å². The zero-order chi connectivity index (χ0) is 26.9. The molecule has 0 unspecified atom stereocenters. The number of halogens is 1. The van der Waals surface area contributed by atoms with Crippen LogP contribution in [0.15, 0.2) is 36.9 Å². The molecule has 31 heavy (non-hydrogen) atoms. The molecule has 0 aliphatic heterocycles. The van der Waals surface area contributed by atoms with Gasteiger partial charge in [0.2, 0.25) is 5.91 Å². The first kappa shape index (κ1) is 13.8. The molecule has 9 heteroatoms. The standard InChI is InChI=1S/C22H21FN6O2/c1-3-19(30)17-4-11(2)15(9-24-17)13-5-12-8-25-20(28-22(31)14-6-16(14)23)7-18(12)29-21(13)26-10-27-29/h4-5,7-10,14,16,19,30H,3,6H2,1-2H3,(H,25,28,31)/t14-,16+,19-/m0/s1/i1D3,3D2,19D. The molecule has 4 heterocycles. The molecular formula is C22H21FN6O2. The van der Waals surface area contributed by atoms with E-state index in [2.05, 4.69) is 25.4 Å². The number of fused-ring (bicyclic) bond motifs is 3. The molecular weight excluding hydrogens is 399 g/mol. The Morgan fingerprint density at radius 1 is 1.39 bits per heavy atom. The van der Waals surface area contributed by atoms with Crippen LogP contribution in [0.1, 0.15) is 45.2 Å². The number of nitrogens with one attached hydrogen (secondary N) is 1. The van der Waals surface area contributed by atoms with Crippen LogP contribution in [0.2, 0.25) is 0 Å². The van der Waals surface area contributed by atoms with Crippen LogP contribution in [-0.2, 0) is 4.79 Å². The zero-order valence-corrected chi connectivity index (χ0v) is 16.3. The summed E-state index contributed by atoms with van der Waals surface area (Å²) in [5, 5.41) is 18.0. The topological polar surface area (TPSA) is 105 Å². The van der Waals surface area contributed by atoms with Gasteiger partial charge < -0.3 is 10.4 Å². The van der Waals surface area contributed by atoms with E-state index in [4.69, 9.17) is 8.22 Å². The number of aromatic nitrogens is 5. The Hall–Kier alpha value is -3.46. The number of nitrogens with zero attached hydrogens (tertiary/aromatic N) is 5. The summed E-state index contributed by atoms with van der Waals surface area (Å²) >= 11 is 0. The van der Waals surface area contributed by atoms with Crippen molar-refractivity contribution in [2.75, 3.05) is 5.32 Å². The summed E-state index contributed by atoms with van der Waals surface area (Å²) in [5.41, 5.74) is 2.09. The Morgan fingerprint density at radius 2 is 2.23 bits per heavy atom. The molecule has 8 nitrogen and oxygen atoms in total. The second kappa shape index (κ2) is 7.35. The zero-order valence-electron chi connectivity index (χ0n) is 22.3. The van der Waals surface area contributed by atoms with E-state index in [1.165, 1.54) is 29.3 Å². The van der Waals surface area contributed by atoms with Crippen LogP contribution >= 0.6 is 0 Å². The lowest BCUT2D eigenvalue weighted by molar-refractivity contribution is -0.117. The molecule has 0 spiro atoms. The molecule has 4 aromatic rings. The number of aryl methyl sites for hydroxylation is 1. The maximum atomic E-state index is 13.2. The van der Waals surface area contributed by atoms with Crippen LogP contribution in [0.25, 0.3) is 27.7 Å². The summed E-state index contributed by atoms with van der Waals surface area (Å²) in [6.07, 6.45) is -3.21. The summed E-state index contributed by atoms with van der Waals surface area (Å²) in [6.45, 7) is -1.62. The first-order valence-corrected chi connectivity index (χ1v) is 9.49. The second-order valence-electron chi connectivity index (χ2n) is 7.39. The quantitative estimate of drug-likeness (QED) is 0.507. The van der Waals surface area contributed by atoms with Crippen molar-refractivity contribution in [2.45, 2.75) is 38.8 Å². The second-order valence-corrected chi connectivity index (χ2v) is 7.39. The van der Waals surface area contributed by atoms with Crippen LogP contribution in [0.3, 0.4) is 0 Å². The number of aliphatic hydroxyl groups is 1. The summed E-state index contributed by atoms with van der Waals surface area (Å²) in [4.78, 5) is 24.7. The van der Waals surface area contributed by atoms with E-state index in [-0.39, 0.29) is 12.2 Å². The highest BCUT2D eigenvalue weighted by Crippen LogP contribution is 2.35. The molecule has 158 valence electrons. The molecule has 4 aromatic heterocycles. The first-order valence-electron chi connectivity index (χ1n) is 12.5. The number of rotatable bonds is 5. The molecule has 1 aliphatic carbocycles. The number of amides is 1. The van der Waals surface area contributed by atoms with E-state index >= 15 is 0 Å². The molecule has 1 fully saturated rings. The highest BCUT2D eigenvalue weighted by Gasteiger charge is 2.43. The fourth-order valence-corrected chi connectivity index (χ4v) is 3.52. The van der Waals surface area contributed by atoms with Gasteiger partial charge in [0, 0.05) is 41.8 Å². The van der Waals surface area contributed by atoms with E-state index in [0.29, 0.717) is 33.2 Å². The fourth-order valence-electron chi connectivity index (χ4n) is 3.52. The van der Waals surface area contributed by atoms with E-state index in [1.807, 2.05) is 0 Å². The number of alkyl halides is 1. The average Bonchev–Trinajstić information content (AvgIpc) is 3.35. The summed E-state index contributed by atoms with van der Waals surface area (Å²) < 4.78 is 60.7. The third-order valence-corrected chi connectivity index (χ3v) is 5.29. The number of hydrogen-bond acceptors (Lipinski definition) is 6. The number of hydrogen-bond donors (Lipinski definition) is 2. The predicted molar refractivity (Wildman–Crippen MR) is 113 cm³/mol. The van der Waals surface area contributed by atoms with Crippen molar-refractivity contribution < 1.29 is 22.5 Å². The van der Waals surface area contributed by atoms with Gasteiger partial charge >= 0.3 is 0 Å². The minimum absolute atomic E-state index is 0.195. The van der Waals surface area contributed by atoms with Crippen molar-refractivity contribution in [3.05, 3.63) is 48.2 Å². The van der Waals surface area contributed by atoms with Crippen molar-refractivity contribution in [2.24, 2.45) is 5.92 Å².